The molecule has 9 nitrogen and oxygen atoms in total. The number of hydrogen-bond acceptors (Lipinski definition) is 6. The van der Waals surface area contributed by atoms with Crippen molar-refractivity contribution < 1.29 is 22.7 Å². The highest BCUT2D eigenvalue weighted by Gasteiger charge is 2.30. The van der Waals surface area contributed by atoms with Gasteiger partial charge in [0.05, 0.1) is 0 Å². The van der Waals surface area contributed by atoms with Crippen molar-refractivity contribution in [2.45, 2.75) is 13.3 Å². The summed E-state index contributed by atoms with van der Waals surface area (Å²) in [5.74, 6) is 1.47. The first-order valence-corrected chi connectivity index (χ1v) is 9.88. The number of ether oxygens (including phenoxy) is 1. The summed E-state index contributed by atoms with van der Waals surface area (Å²) in [5.41, 5.74) is 1.55. The normalized spacial score (nSPS) is 11.1. The summed E-state index contributed by atoms with van der Waals surface area (Å²) < 4.78 is 42.2. The predicted molar refractivity (Wildman–Crippen MR) is 119 cm³/mol. The van der Waals surface area contributed by atoms with Crippen LogP contribution in [0.2, 0.25) is 0 Å². The van der Waals surface area contributed by atoms with Crippen LogP contribution in [0.3, 0.4) is 0 Å². The summed E-state index contributed by atoms with van der Waals surface area (Å²) in [6, 6.07) is 12.9. The molecule has 0 saturated carbocycles. The van der Waals surface area contributed by atoms with Gasteiger partial charge in [-0.15, -0.1) is 13.2 Å². The van der Waals surface area contributed by atoms with Gasteiger partial charge in [0.1, 0.15) is 29.5 Å². The molecule has 0 unspecified atom stereocenters. The topological polar surface area (TPSA) is 106 Å². The molecule has 12 heteroatoms. The molecule has 0 fully saturated rings. The maximum Gasteiger partial charge on any atom is 0.573 e. The van der Waals surface area contributed by atoms with Crippen LogP contribution in [0.25, 0.3) is 5.82 Å². The van der Waals surface area contributed by atoms with Crippen LogP contribution in [-0.4, -0.2) is 31.9 Å². The molecule has 34 heavy (non-hydrogen) atoms. The zero-order valence-corrected chi connectivity index (χ0v) is 17.7. The first kappa shape index (κ1) is 22.6. The Kier molecular flexibility index (Phi) is 6.30. The van der Waals surface area contributed by atoms with Crippen molar-refractivity contribution in [3.63, 3.8) is 0 Å². The van der Waals surface area contributed by atoms with E-state index in [4.69, 9.17) is 0 Å². The highest BCUT2D eigenvalue weighted by atomic mass is 19.4. The summed E-state index contributed by atoms with van der Waals surface area (Å²) in [7, 11) is 0. The van der Waals surface area contributed by atoms with E-state index in [2.05, 4.69) is 35.6 Å². The van der Waals surface area contributed by atoms with Gasteiger partial charge in [-0.1, -0.05) is 0 Å². The molecule has 0 bridgehead atoms. The zero-order valence-electron chi connectivity index (χ0n) is 17.7. The van der Waals surface area contributed by atoms with Crippen molar-refractivity contribution in [3.8, 4) is 11.6 Å². The van der Waals surface area contributed by atoms with Gasteiger partial charge in [0, 0.05) is 35.5 Å². The van der Waals surface area contributed by atoms with Gasteiger partial charge in [-0.3, -0.25) is 4.57 Å². The van der Waals surface area contributed by atoms with Crippen molar-refractivity contribution in [2.75, 3.05) is 16.0 Å². The van der Waals surface area contributed by atoms with Gasteiger partial charge in [-0.25, -0.2) is 19.7 Å². The van der Waals surface area contributed by atoms with Crippen LogP contribution in [0.1, 0.15) is 5.82 Å². The van der Waals surface area contributed by atoms with E-state index in [1.165, 1.54) is 12.1 Å². The Balaban J connectivity index is 1.34. The number of nitrogens with one attached hydrogen (secondary N) is 3. The van der Waals surface area contributed by atoms with Crippen LogP contribution in [0.15, 0.2) is 73.3 Å². The third-order valence-corrected chi connectivity index (χ3v) is 4.35. The van der Waals surface area contributed by atoms with E-state index in [0.717, 1.165) is 17.8 Å². The Morgan fingerprint density at radius 1 is 0.941 bits per heavy atom. The van der Waals surface area contributed by atoms with Crippen molar-refractivity contribution in [3.05, 3.63) is 79.1 Å². The molecule has 0 spiro atoms. The standard InChI is InChI=1S/C22H18F3N7O2/c1-14-27-19(12-20(28-14)32-11-10-26-13-32)29-15-2-4-16(5-3-15)30-21(33)31-17-6-8-18(9-7-17)34-22(23,24)25/h2-13H,1H3,(H,27,28,29)(H2,30,31,33). The van der Waals surface area contributed by atoms with Crippen LogP contribution in [0.4, 0.5) is 40.8 Å². The molecule has 0 aliphatic heterocycles. The largest absolute Gasteiger partial charge is 0.573 e. The average Bonchev–Trinajstić information content (AvgIpc) is 3.30. The van der Waals surface area contributed by atoms with Gasteiger partial charge in [0.25, 0.3) is 0 Å². The molecule has 0 saturated heterocycles. The molecule has 174 valence electrons. The number of anilines is 4. The zero-order chi connectivity index (χ0) is 24.1. The first-order chi connectivity index (χ1) is 16.2. The van der Waals surface area contributed by atoms with E-state index in [-0.39, 0.29) is 5.75 Å². The molecule has 0 atom stereocenters. The maximum atomic E-state index is 12.2. The number of imidazole rings is 1. The SMILES string of the molecule is Cc1nc(Nc2ccc(NC(=O)Nc3ccc(OC(F)(F)F)cc3)cc2)cc(-n2ccnc2)n1. The van der Waals surface area contributed by atoms with Crippen molar-refractivity contribution in [1.29, 1.82) is 0 Å². The van der Waals surface area contributed by atoms with Crippen LogP contribution < -0.4 is 20.7 Å². The van der Waals surface area contributed by atoms with Gasteiger partial charge in [-0.2, -0.15) is 0 Å². The van der Waals surface area contributed by atoms with Crippen molar-refractivity contribution in [1.82, 2.24) is 19.5 Å². The number of rotatable bonds is 6. The van der Waals surface area contributed by atoms with Crippen LogP contribution in [-0.2, 0) is 0 Å². The molecule has 3 N–H and O–H groups in total. The van der Waals surface area contributed by atoms with E-state index in [1.54, 1.807) is 60.5 Å². The third-order valence-electron chi connectivity index (χ3n) is 4.35. The molecule has 2 aromatic heterocycles. The number of aromatic nitrogens is 4. The highest BCUT2D eigenvalue weighted by Crippen LogP contribution is 2.24. The van der Waals surface area contributed by atoms with Gasteiger partial charge in [0.15, 0.2) is 0 Å². The van der Waals surface area contributed by atoms with Crippen LogP contribution in [0.5, 0.6) is 5.75 Å². The Morgan fingerprint density at radius 3 is 2.15 bits per heavy atom. The number of urea groups is 1. The number of carbonyl (C=O) groups is 1. The van der Waals surface area contributed by atoms with E-state index < -0.39 is 12.4 Å². The number of carbonyl (C=O) groups excluding carboxylic acids is 1. The maximum absolute atomic E-state index is 12.2. The number of alkyl halides is 3. The minimum absolute atomic E-state index is 0.304. The molecule has 0 aliphatic carbocycles. The molecule has 2 amide bonds. The van der Waals surface area contributed by atoms with Gasteiger partial charge in [0.2, 0.25) is 0 Å². The molecule has 4 rings (SSSR count). The molecule has 4 aromatic rings. The summed E-state index contributed by atoms with van der Waals surface area (Å²) in [4.78, 5) is 25.0. The number of halogens is 3. The van der Waals surface area contributed by atoms with Crippen molar-refractivity contribution >= 4 is 28.9 Å². The van der Waals surface area contributed by atoms with E-state index in [0.29, 0.717) is 28.8 Å². The smallest absolute Gasteiger partial charge is 0.406 e. The third kappa shape index (κ3) is 6.22. The molecule has 2 heterocycles. The summed E-state index contributed by atoms with van der Waals surface area (Å²) in [6.45, 7) is 1.79. The number of amides is 2. The molecule has 2 aromatic carbocycles. The highest BCUT2D eigenvalue weighted by molar-refractivity contribution is 5.99. The number of aryl methyl sites for hydroxylation is 1. The molecule has 0 aliphatic rings. The quantitative estimate of drug-likeness (QED) is 0.356. The first-order valence-electron chi connectivity index (χ1n) is 9.88. The Labute approximate surface area is 191 Å². The minimum Gasteiger partial charge on any atom is -0.406 e. The number of hydrogen-bond donors (Lipinski definition) is 3. The second kappa shape index (κ2) is 9.48. The Morgan fingerprint density at radius 2 is 1.56 bits per heavy atom. The number of benzene rings is 2. The van der Waals surface area contributed by atoms with Gasteiger partial charge in [-0.05, 0) is 55.5 Å². The molecular formula is C22H18F3N7O2. The van der Waals surface area contributed by atoms with E-state index in [1.807, 2.05) is 0 Å². The summed E-state index contributed by atoms with van der Waals surface area (Å²) in [6.07, 6.45) is 0.301. The second-order valence-corrected chi connectivity index (χ2v) is 6.98. The lowest BCUT2D eigenvalue weighted by Crippen LogP contribution is -2.19. The Hall–Kier alpha value is -4.61. The van der Waals surface area contributed by atoms with E-state index in [9.17, 15) is 18.0 Å². The summed E-state index contributed by atoms with van der Waals surface area (Å²) in [5, 5.41) is 8.36. The van der Waals surface area contributed by atoms with Crippen molar-refractivity contribution in [2.24, 2.45) is 0 Å². The van der Waals surface area contributed by atoms with E-state index >= 15 is 0 Å². The fraction of sp³-hybridized carbons (Fsp3) is 0.0909. The predicted octanol–water partition coefficient (Wildman–Crippen LogP) is 5.26. The second-order valence-electron chi connectivity index (χ2n) is 6.98. The lowest BCUT2D eigenvalue weighted by Gasteiger charge is -2.11. The molecule has 0 radical (unpaired) electrons. The minimum atomic E-state index is -4.78. The lowest BCUT2D eigenvalue weighted by molar-refractivity contribution is -0.274. The van der Waals surface area contributed by atoms with Crippen LogP contribution >= 0.6 is 0 Å². The van der Waals surface area contributed by atoms with Crippen LogP contribution in [0, 0.1) is 6.92 Å². The molecular weight excluding hydrogens is 451 g/mol. The summed E-state index contributed by atoms with van der Waals surface area (Å²) >= 11 is 0. The fourth-order valence-corrected chi connectivity index (χ4v) is 2.96. The fourth-order valence-electron chi connectivity index (χ4n) is 2.96. The monoisotopic (exact) mass is 469 g/mol. The van der Waals surface area contributed by atoms with Gasteiger partial charge < -0.3 is 20.7 Å². The van der Waals surface area contributed by atoms with Gasteiger partial charge >= 0.3 is 12.4 Å². The lowest BCUT2D eigenvalue weighted by atomic mass is 10.2. The Bertz CT molecular complexity index is 1260. The number of nitrogens with zero attached hydrogens (tertiary/aromatic N) is 4. The average molecular weight is 469 g/mol.